The third-order valence-electron chi connectivity index (χ3n) is 5.06. The third kappa shape index (κ3) is 8.70. The minimum atomic E-state index is 0.314. The summed E-state index contributed by atoms with van der Waals surface area (Å²) in [7, 11) is 0. The molecular weight excluding hydrogens is 294 g/mol. The van der Waals surface area contributed by atoms with Crippen LogP contribution in [-0.4, -0.2) is 10.8 Å². The van der Waals surface area contributed by atoms with Crippen molar-refractivity contribution >= 4 is 5.78 Å². The van der Waals surface area contributed by atoms with Crippen molar-refractivity contribution < 1.29 is 4.79 Å². The van der Waals surface area contributed by atoms with E-state index in [2.05, 4.69) is 11.9 Å². The molecule has 1 rings (SSSR count). The monoisotopic (exact) mass is 333 g/mol. The van der Waals surface area contributed by atoms with E-state index >= 15 is 0 Å². The second kappa shape index (κ2) is 13.3. The lowest BCUT2D eigenvalue weighted by atomic mass is 10.0. The van der Waals surface area contributed by atoms with Crippen LogP contribution in [0.4, 0.5) is 0 Å². The lowest BCUT2D eigenvalue weighted by Gasteiger charge is -2.04. The van der Waals surface area contributed by atoms with Crippen LogP contribution in [0.15, 0.2) is 6.20 Å². The first kappa shape index (κ1) is 21.0. The lowest BCUT2D eigenvalue weighted by Crippen LogP contribution is -2.01. The number of nitrogens with one attached hydrogen (secondary N) is 1. The average molecular weight is 334 g/mol. The maximum atomic E-state index is 12.2. The molecule has 2 heteroatoms. The standard InChI is InChI=1S/C22H39NO/c1-4-5-6-7-8-9-10-11-12-13-14-15-16-17-21(24)22-19(2)18-23-20(22)3/h18,23H,4-17H2,1-3H3. The summed E-state index contributed by atoms with van der Waals surface area (Å²) in [5, 5.41) is 0. The fraction of sp³-hybridized carbons (Fsp3) is 0.773. The molecule has 1 heterocycles. The highest BCUT2D eigenvalue weighted by Crippen LogP contribution is 2.17. The van der Waals surface area contributed by atoms with Crippen LogP contribution in [0.3, 0.4) is 0 Å². The quantitative estimate of drug-likeness (QED) is 0.265. The topological polar surface area (TPSA) is 32.9 Å². The molecule has 0 spiro atoms. The summed E-state index contributed by atoms with van der Waals surface area (Å²) in [5.74, 6) is 0.314. The van der Waals surface area contributed by atoms with Crippen LogP contribution >= 0.6 is 0 Å². The summed E-state index contributed by atoms with van der Waals surface area (Å²) >= 11 is 0. The van der Waals surface area contributed by atoms with Crippen LogP contribution in [0.1, 0.15) is 118 Å². The van der Waals surface area contributed by atoms with Gasteiger partial charge in [-0.3, -0.25) is 4.79 Å². The van der Waals surface area contributed by atoms with E-state index in [1.165, 1.54) is 77.0 Å². The summed E-state index contributed by atoms with van der Waals surface area (Å²) in [4.78, 5) is 15.4. The van der Waals surface area contributed by atoms with E-state index in [0.717, 1.165) is 23.2 Å². The predicted octanol–water partition coefficient (Wildman–Crippen LogP) is 7.30. The maximum Gasteiger partial charge on any atom is 0.164 e. The third-order valence-corrected chi connectivity index (χ3v) is 5.06. The van der Waals surface area contributed by atoms with Crippen molar-refractivity contribution in [2.45, 2.75) is 111 Å². The summed E-state index contributed by atoms with van der Waals surface area (Å²) in [6.45, 7) is 6.28. The molecule has 2 nitrogen and oxygen atoms in total. The van der Waals surface area contributed by atoms with Crippen molar-refractivity contribution in [3.63, 3.8) is 0 Å². The second-order valence-electron chi connectivity index (χ2n) is 7.39. The molecule has 0 bridgehead atoms. The largest absolute Gasteiger partial charge is 0.364 e. The molecule has 1 aromatic rings. The van der Waals surface area contributed by atoms with Gasteiger partial charge in [-0.15, -0.1) is 0 Å². The number of unbranched alkanes of at least 4 members (excludes halogenated alkanes) is 12. The van der Waals surface area contributed by atoms with Crippen LogP contribution in [0.2, 0.25) is 0 Å². The Morgan fingerprint density at radius 3 is 1.67 bits per heavy atom. The summed E-state index contributed by atoms with van der Waals surface area (Å²) in [6.07, 6.45) is 20.2. The lowest BCUT2D eigenvalue weighted by molar-refractivity contribution is 0.0978. The molecule has 0 amide bonds. The Hall–Kier alpha value is -1.05. The average Bonchev–Trinajstić information content (AvgIpc) is 2.90. The van der Waals surface area contributed by atoms with Gasteiger partial charge < -0.3 is 4.98 Å². The molecule has 0 aromatic carbocycles. The highest BCUT2D eigenvalue weighted by Gasteiger charge is 2.12. The molecule has 0 aliphatic heterocycles. The number of Topliss-reactive ketones (excluding diaryl/α,β-unsaturated/α-hetero) is 1. The number of carbonyl (C=O) groups is 1. The van der Waals surface area contributed by atoms with Crippen molar-refractivity contribution in [1.82, 2.24) is 4.98 Å². The van der Waals surface area contributed by atoms with E-state index < -0.39 is 0 Å². The van der Waals surface area contributed by atoms with Gasteiger partial charge in [0.15, 0.2) is 5.78 Å². The maximum absolute atomic E-state index is 12.2. The number of hydrogen-bond acceptors (Lipinski definition) is 1. The van der Waals surface area contributed by atoms with Gasteiger partial charge in [0.05, 0.1) is 0 Å². The Kier molecular flexibility index (Phi) is 11.6. The fourth-order valence-electron chi connectivity index (χ4n) is 3.51. The highest BCUT2D eigenvalue weighted by atomic mass is 16.1. The fourth-order valence-corrected chi connectivity index (χ4v) is 3.51. The van der Waals surface area contributed by atoms with Crippen LogP contribution < -0.4 is 0 Å². The first-order chi connectivity index (χ1) is 11.7. The van der Waals surface area contributed by atoms with E-state index in [-0.39, 0.29) is 0 Å². The van der Waals surface area contributed by atoms with Gasteiger partial charge in [0.2, 0.25) is 0 Å². The molecule has 1 aromatic heterocycles. The van der Waals surface area contributed by atoms with Crippen LogP contribution in [0.25, 0.3) is 0 Å². The number of aromatic amines is 1. The van der Waals surface area contributed by atoms with Crippen molar-refractivity contribution in [2.24, 2.45) is 0 Å². The van der Waals surface area contributed by atoms with E-state index in [1.807, 2.05) is 20.0 Å². The SMILES string of the molecule is CCCCCCCCCCCCCCCC(=O)c1c(C)c[nH]c1C. The van der Waals surface area contributed by atoms with Crippen molar-refractivity contribution in [1.29, 1.82) is 0 Å². The minimum absolute atomic E-state index is 0.314. The van der Waals surface area contributed by atoms with Gasteiger partial charge in [-0.25, -0.2) is 0 Å². The molecule has 1 N–H and O–H groups in total. The van der Waals surface area contributed by atoms with Crippen LogP contribution in [-0.2, 0) is 0 Å². The van der Waals surface area contributed by atoms with E-state index in [0.29, 0.717) is 12.2 Å². The molecule has 0 aliphatic rings. The normalized spacial score (nSPS) is 11.1. The zero-order chi connectivity index (χ0) is 17.6. The molecule has 0 fully saturated rings. The predicted molar refractivity (Wildman–Crippen MR) is 105 cm³/mol. The van der Waals surface area contributed by atoms with Gasteiger partial charge in [-0.1, -0.05) is 84.0 Å². The van der Waals surface area contributed by atoms with Gasteiger partial charge >= 0.3 is 0 Å². The molecule has 0 unspecified atom stereocenters. The van der Waals surface area contributed by atoms with Crippen LogP contribution in [0, 0.1) is 13.8 Å². The number of rotatable bonds is 15. The second-order valence-corrected chi connectivity index (χ2v) is 7.39. The first-order valence-electron chi connectivity index (χ1n) is 10.3. The molecule has 138 valence electrons. The van der Waals surface area contributed by atoms with Crippen LogP contribution in [0.5, 0.6) is 0 Å². The summed E-state index contributed by atoms with van der Waals surface area (Å²) in [5.41, 5.74) is 3.04. The summed E-state index contributed by atoms with van der Waals surface area (Å²) in [6, 6.07) is 0. The molecule has 0 saturated heterocycles. The number of ketones is 1. The Balaban J connectivity index is 1.90. The van der Waals surface area contributed by atoms with E-state index in [4.69, 9.17) is 0 Å². The molecule has 0 aliphatic carbocycles. The smallest absolute Gasteiger partial charge is 0.164 e. The van der Waals surface area contributed by atoms with E-state index in [1.54, 1.807) is 0 Å². The minimum Gasteiger partial charge on any atom is -0.364 e. The Morgan fingerprint density at radius 2 is 1.25 bits per heavy atom. The van der Waals surface area contributed by atoms with Gasteiger partial charge in [-0.05, 0) is 25.8 Å². The van der Waals surface area contributed by atoms with Crippen molar-refractivity contribution in [3.8, 4) is 0 Å². The number of hydrogen-bond donors (Lipinski definition) is 1. The molecule has 0 radical (unpaired) electrons. The molecule has 0 atom stereocenters. The molecular formula is C22H39NO. The van der Waals surface area contributed by atoms with E-state index in [9.17, 15) is 4.79 Å². The zero-order valence-corrected chi connectivity index (χ0v) is 16.4. The van der Waals surface area contributed by atoms with Crippen molar-refractivity contribution in [2.75, 3.05) is 0 Å². The number of H-pyrrole nitrogens is 1. The Labute approximate surface area is 149 Å². The van der Waals surface area contributed by atoms with Gasteiger partial charge in [0, 0.05) is 23.9 Å². The number of aryl methyl sites for hydroxylation is 2. The van der Waals surface area contributed by atoms with Gasteiger partial charge in [-0.2, -0.15) is 0 Å². The van der Waals surface area contributed by atoms with Gasteiger partial charge in [0.1, 0.15) is 0 Å². The Bertz CT molecular complexity index is 427. The first-order valence-corrected chi connectivity index (χ1v) is 10.3. The molecule has 0 saturated carbocycles. The van der Waals surface area contributed by atoms with Crippen molar-refractivity contribution in [3.05, 3.63) is 23.0 Å². The zero-order valence-electron chi connectivity index (χ0n) is 16.4. The highest BCUT2D eigenvalue weighted by molar-refractivity contribution is 5.98. The molecule has 24 heavy (non-hydrogen) atoms. The Morgan fingerprint density at radius 1 is 0.792 bits per heavy atom. The number of carbonyl (C=O) groups excluding carboxylic acids is 1. The van der Waals surface area contributed by atoms with Gasteiger partial charge in [0.25, 0.3) is 0 Å². The number of aromatic nitrogens is 1. The summed E-state index contributed by atoms with van der Waals surface area (Å²) < 4.78 is 0.